The Kier molecular flexibility index (Phi) is 8.17. The van der Waals surface area contributed by atoms with E-state index < -0.39 is 53.5 Å². The van der Waals surface area contributed by atoms with Gasteiger partial charge in [-0.25, -0.2) is 4.79 Å². The average Bonchev–Trinajstić information content (AvgIpc) is 2.79. The second-order valence-electron chi connectivity index (χ2n) is 7.55. The highest BCUT2D eigenvalue weighted by molar-refractivity contribution is 5.97. The van der Waals surface area contributed by atoms with E-state index in [9.17, 15) is 53.9 Å². The van der Waals surface area contributed by atoms with E-state index in [4.69, 9.17) is 10.8 Å². The Hall–Kier alpha value is -3.82. The molecule has 0 aliphatic heterocycles. The fourth-order valence-corrected chi connectivity index (χ4v) is 2.73. The Bertz CT molecular complexity index is 1150. The van der Waals surface area contributed by atoms with Crippen LogP contribution in [0, 0.1) is 0 Å². The van der Waals surface area contributed by atoms with E-state index in [1.165, 1.54) is 24.3 Å². The van der Waals surface area contributed by atoms with Gasteiger partial charge in [0.2, 0.25) is 5.91 Å². The molecule has 37 heavy (non-hydrogen) atoms. The molecule has 5 N–H and O–H groups in total. The lowest BCUT2D eigenvalue weighted by molar-refractivity contribution is -0.388. The zero-order valence-electron chi connectivity index (χ0n) is 18.1. The number of hydrogen-bond donors (Lipinski definition) is 4. The standard InChI is InChI=1S/C21H16F9N3O4/c22-18(23,19(24,25)20(26,27)21(28,29)30)17(37)33-13-5-1-10(2-6-13)9-14(31)15(34)32-12-7-3-11(4-8-12)16(35)36/h1-8,14H,9,31H2,(H,32,34)(H,33,37)(H,35,36). The number of carbonyl (C=O) groups excluding carboxylic acids is 2. The van der Waals surface area contributed by atoms with Gasteiger partial charge in [-0.3, -0.25) is 9.59 Å². The van der Waals surface area contributed by atoms with Crippen LogP contribution in [0.1, 0.15) is 15.9 Å². The number of carbonyl (C=O) groups is 3. The number of hydrogen-bond acceptors (Lipinski definition) is 4. The minimum absolute atomic E-state index is 0.0370. The van der Waals surface area contributed by atoms with E-state index in [1.807, 2.05) is 0 Å². The summed E-state index contributed by atoms with van der Waals surface area (Å²) >= 11 is 0. The van der Waals surface area contributed by atoms with Crippen LogP contribution in [0.15, 0.2) is 48.5 Å². The number of halogens is 9. The third-order valence-electron chi connectivity index (χ3n) is 4.83. The molecule has 0 aliphatic rings. The van der Waals surface area contributed by atoms with Gasteiger partial charge in [0.1, 0.15) is 0 Å². The molecule has 7 nitrogen and oxygen atoms in total. The fraction of sp³-hybridized carbons (Fsp3) is 0.286. The molecule has 2 aromatic carbocycles. The van der Waals surface area contributed by atoms with Crippen LogP contribution >= 0.6 is 0 Å². The maximum Gasteiger partial charge on any atom is 0.460 e. The van der Waals surface area contributed by atoms with Gasteiger partial charge in [0.25, 0.3) is 0 Å². The number of aromatic carboxylic acids is 1. The van der Waals surface area contributed by atoms with Crippen LogP contribution in [0.4, 0.5) is 50.9 Å². The van der Waals surface area contributed by atoms with Crippen LogP contribution in [-0.4, -0.2) is 52.9 Å². The highest BCUT2D eigenvalue weighted by Crippen LogP contribution is 2.53. The first-order valence-electron chi connectivity index (χ1n) is 9.81. The Morgan fingerprint density at radius 2 is 1.22 bits per heavy atom. The molecule has 2 aromatic rings. The van der Waals surface area contributed by atoms with Crippen molar-refractivity contribution in [2.24, 2.45) is 5.73 Å². The fourth-order valence-electron chi connectivity index (χ4n) is 2.73. The highest BCUT2D eigenvalue weighted by atomic mass is 19.4. The van der Waals surface area contributed by atoms with Gasteiger partial charge >= 0.3 is 35.8 Å². The molecule has 0 saturated carbocycles. The average molecular weight is 545 g/mol. The van der Waals surface area contributed by atoms with Crippen molar-refractivity contribution in [2.75, 3.05) is 10.6 Å². The van der Waals surface area contributed by atoms with Crippen LogP contribution < -0.4 is 16.4 Å². The van der Waals surface area contributed by atoms with Gasteiger partial charge in [0, 0.05) is 11.4 Å². The molecule has 1 unspecified atom stereocenters. The van der Waals surface area contributed by atoms with E-state index >= 15 is 0 Å². The van der Waals surface area contributed by atoms with Gasteiger partial charge in [-0.1, -0.05) is 12.1 Å². The molecule has 1 atom stereocenters. The van der Waals surface area contributed by atoms with Crippen molar-refractivity contribution >= 4 is 29.2 Å². The molecule has 0 aliphatic carbocycles. The number of benzene rings is 2. The maximum absolute atomic E-state index is 13.7. The highest BCUT2D eigenvalue weighted by Gasteiger charge is 2.83. The molecular weight excluding hydrogens is 529 g/mol. The molecule has 0 bridgehead atoms. The normalized spacial score (nSPS) is 13.6. The summed E-state index contributed by atoms with van der Waals surface area (Å²) < 4.78 is 116. The summed E-state index contributed by atoms with van der Waals surface area (Å²) in [6.07, 6.45) is -7.24. The summed E-state index contributed by atoms with van der Waals surface area (Å²) in [7, 11) is 0. The van der Waals surface area contributed by atoms with Crippen molar-refractivity contribution in [1.29, 1.82) is 0 Å². The number of nitrogens with one attached hydrogen (secondary N) is 2. The summed E-state index contributed by atoms with van der Waals surface area (Å²) in [6.45, 7) is 0. The Morgan fingerprint density at radius 1 is 0.757 bits per heavy atom. The Morgan fingerprint density at radius 3 is 1.68 bits per heavy atom. The largest absolute Gasteiger partial charge is 0.478 e. The lowest BCUT2D eigenvalue weighted by Crippen LogP contribution is -2.64. The molecule has 0 saturated heterocycles. The van der Waals surface area contributed by atoms with Crippen molar-refractivity contribution in [2.45, 2.75) is 36.4 Å². The monoisotopic (exact) mass is 545 g/mol. The topological polar surface area (TPSA) is 122 Å². The molecule has 16 heteroatoms. The number of rotatable bonds is 9. The molecule has 2 rings (SSSR count). The summed E-state index contributed by atoms with van der Waals surface area (Å²) in [5.74, 6) is -25.8. The maximum atomic E-state index is 13.7. The number of anilines is 2. The second kappa shape index (κ2) is 10.3. The minimum Gasteiger partial charge on any atom is -0.478 e. The van der Waals surface area contributed by atoms with Crippen molar-refractivity contribution < 1.29 is 59.0 Å². The molecule has 0 heterocycles. The van der Waals surface area contributed by atoms with Gasteiger partial charge in [-0.15, -0.1) is 0 Å². The van der Waals surface area contributed by atoms with Gasteiger partial charge < -0.3 is 21.5 Å². The number of alkyl halides is 9. The van der Waals surface area contributed by atoms with E-state index in [0.717, 1.165) is 29.6 Å². The van der Waals surface area contributed by atoms with Crippen LogP contribution in [0.5, 0.6) is 0 Å². The van der Waals surface area contributed by atoms with E-state index in [2.05, 4.69) is 5.32 Å². The summed E-state index contributed by atoms with van der Waals surface area (Å²) in [5, 5.41) is 12.4. The van der Waals surface area contributed by atoms with Gasteiger partial charge in [0.05, 0.1) is 11.6 Å². The molecule has 2 amide bonds. The second-order valence-corrected chi connectivity index (χ2v) is 7.55. The van der Waals surface area contributed by atoms with Crippen LogP contribution in [0.25, 0.3) is 0 Å². The van der Waals surface area contributed by atoms with Gasteiger partial charge in [-0.05, 0) is 48.4 Å². The van der Waals surface area contributed by atoms with Crippen molar-refractivity contribution in [3.05, 3.63) is 59.7 Å². The first kappa shape index (κ1) is 29.4. The summed E-state index contributed by atoms with van der Waals surface area (Å²) in [4.78, 5) is 34.5. The molecule has 0 fully saturated rings. The third-order valence-corrected chi connectivity index (χ3v) is 4.83. The molecule has 202 valence electrons. The molecule has 0 aromatic heterocycles. The zero-order valence-corrected chi connectivity index (χ0v) is 18.1. The lowest BCUT2D eigenvalue weighted by Gasteiger charge is -2.32. The SMILES string of the molecule is NC(Cc1ccc(NC(=O)C(F)(F)C(F)(F)C(F)(F)C(F)(F)F)cc1)C(=O)Nc1ccc(C(=O)O)cc1. The van der Waals surface area contributed by atoms with Crippen LogP contribution in [0.3, 0.4) is 0 Å². The predicted molar refractivity (Wildman–Crippen MR) is 110 cm³/mol. The third kappa shape index (κ3) is 6.12. The van der Waals surface area contributed by atoms with Gasteiger partial charge in [0.15, 0.2) is 0 Å². The predicted octanol–water partition coefficient (Wildman–Crippen LogP) is 4.30. The van der Waals surface area contributed by atoms with Crippen molar-refractivity contribution in [3.63, 3.8) is 0 Å². The van der Waals surface area contributed by atoms with Crippen LogP contribution in [-0.2, 0) is 16.0 Å². The smallest absolute Gasteiger partial charge is 0.460 e. The summed E-state index contributed by atoms with van der Waals surface area (Å²) in [6, 6.07) is 7.69. The van der Waals surface area contributed by atoms with E-state index in [0.29, 0.717) is 0 Å². The number of carboxylic acids is 1. The number of amides is 2. The molecule has 0 radical (unpaired) electrons. The Labute approximate surface area is 201 Å². The first-order valence-corrected chi connectivity index (χ1v) is 9.81. The van der Waals surface area contributed by atoms with Crippen molar-refractivity contribution in [1.82, 2.24) is 0 Å². The lowest BCUT2D eigenvalue weighted by atomic mass is 10.0. The van der Waals surface area contributed by atoms with E-state index in [-0.39, 0.29) is 23.2 Å². The number of nitrogens with two attached hydrogens (primary N) is 1. The molecular formula is C21H16F9N3O4. The quantitative estimate of drug-likeness (QED) is 0.350. The number of carboxylic acid groups (broad SMARTS) is 1. The first-order chi connectivity index (χ1) is 16.8. The zero-order chi connectivity index (χ0) is 28.4. The van der Waals surface area contributed by atoms with E-state index in [1.54, 1.807) is 0 Å². The minimum atomic E-state index is -7.21. The van der Waals surface area contributed by atoms with Crippen molar-refractivity contribution in [3.8, 4) is 0 Å². The molecule has 0 spiro atoms. The Balaban J connectivity index is 2.04. The van der Waals surface area contributed by atoms with Gasteiger partial charge in [-0.2, -0.15) is 39.5 Å². The summed E-state index contributed by atoms with van der Waals surface area (Å²) in [5.41, 5.74) is 5.53. The van der Waals surface area contributed by atoms with Crippen LogP contribution in [0.2, 0.25) is 0 Å².